The number of methoxy groups -OCH3 is 1. The number of benzene rings is 3. The van der Waals surface area contributed by atoms with E-state index in [9.17, 15) is 0 Å². The largest absolute Gasteiger partial charge is 0.493 e. The maximum atomic E-state index is 6.43. The molecule has 0 bridgehead atoms. The van der Waals surface area contributed by atoms with Gasteiger partial charge in [0.05, 0.1) is 7.11 Å². The summed E-state index contributed by atoms with van der Waals surface area (Å²) in [7, 11) is -0.173. The number of hydrogen-bond acceptors (Lipinski definition) is 4. The number of allylic oxidation sites excluding steroid dienone is 6. The van der Waals surface area contributed by atoms with Crippen LogP contribution in [0, 0.1) is 6.92 Å². The second-order valence-electron chi connectivity index (χ2n) is 8.06. The Balaban J connectivity index is 1.79. The topological polar surface area (TPSA) is 44.7 Å². The average molecular weight is 468 g/mol. The molecule has 0 fully saturated rings. The second-order valence-corrected chi connectivity index (χ2v) is 9.06. The molecule has 0 radical (unpaired) electrons. The van der Waals surface area contributed by atoms with Crippen molar-refractivity contribution >= 4 is 36.1 Å². The van der Waals surface area contributed by atoms with E-state index in [1.807, 2.05) is 73.7 Å². The van der Waals surface area contributed by atoms with E-state index in [-0.39, 0.29) is 0 Å². The lowest BCUT2D eigenvalue weighted by Gasteiger charge is -2.07. The van der Waals surface area contributed by atoms with Crippen LogP contribution in [0.25, 0.3) is 27.8 Å². The Hall–Kier alpha value is -3.88. The zero-order valence-electron chi connectivity index (χ0n) is 19.2. The minimum Gasteiger partial charge on any atom is -0.493 e. The Labute approximate surface area is 199 Å². The fourth-order valence-corrected chi connectivity index (χ4v) is 5.09. The zero-order valence-corrected chi connectivity index (χ0v) is 20.0. The third kappa shape index (κ3) is 4.46. The van der Waals surface area contributed by atoms with E-state index in [4.69, 9.17) is 17.7 Å². The highest BCUT2D eigenvalue weighted by molar-refractivity contribution is 7.32. The first-order valence-electron chi connectivity index (χ1n) is 11.1. The Morgan fingerprint density at radius 1 is 0.882 bits per heavy atom. The molecule has 0 N–H and O–H groups in total. The van der Waals surface area contributed by atoms with Crippen LogP contribution in [0.1, 0.15) is 16.9 Å². The van der Waals surface area contributed by atoms with E-state index < -0.39 is 8.24 Å². The highest BCUT2D eigenvalue weighted by Crippen LogP contribution is 2.41. The predicted octanol–water partition coefficient (Wildman–Crippen LogP) is 8.69. The minimum absolute atomic E-state index is 0.623. The maximum absolute atomic E-state index is 6.43. The number of hydrogen-bond donors (Lipinski definition) is 0. The van der Waals surface area contributed by atoms with Crippen molar-refractivity contribution in [3.05, 3.63) is 114 Å². The highest BCUT2D eigenvalue weighted by atomic mass is 31.1. The molecule has 0 saturated carbocycles. The highest BCUT2D eigenvalue weighted by Gasteiger charge is 2.17. The Morgan fingerprint density at radius 3 is 2.62 bits per heavy atom. The van der Waals surface area contributed by atoms with E-state index >= 15 is 0 Å². The Morgan fingerprint density at radius 2 is 1.74 bits per heavy atom. The lowest BCUT2D eigenvalue weighted by molar-refractivity contribution is 0.409. The van der Waals surface area contributed by atoms with Crippen LogP contribution < -0.4 is 9.26 Å². The van der Waals surface area contributed by atoms with Crippen LogP contribution in [0.4, 0.5) is 0 Å². The molecule has 0 saturated heterocycles. The quantitative estimate of drug-likeness (QED) is 0.302. The molecule has 170 valence electrons. The molecular weight excluding hydrogens is 443 g/mol. The van der Waals surface area contributed by atoms with Gasteiger partial charge in [0.15, 0.2) is 11.3 Å². The molecule has 1 aliphatic rings. The van der Waals surface area contributed by atoms with Crippen LogP contribution in [-0.2, 0) is 6.42 Å². The first-order valence-corrected chi connectivity index (χ1v) is 12.2. The van der Waals surface area contributed by atoms with Gasteiger partial charge in [-0.15, -0.1) is 0 Å². The van der Waals surface area contributed by atoms with Crippen molar-refractivity contribution in [3.63, 3.8) is 0 Å². The Bertz CT molecular complexity index is 1520. The lowest BCUT2D eigenvalue weighted by atomic mass is 10.0. The summed E-state index contributed by atoms with van der Waals surface area (Å²) in [5.41, 5.74) is 3.56. The second kappa shape index (κ2) is 9.54. The smallest absolute Gasteiger partial charge is 0.453 e. The molecule has 1 aliphatic carbocycles. The molecule has 5 heteroatoms. The first-order chi connectivity index (χ1) is 16.6. The first kappa shape index (κ1) is 21.9. The van der Waals surface area contributed by atoms with Crippen LogP contribution in [0.15, 0.2) is 106 Å². The van der Waals surface area contributed by atoms with Gasteiger partial charge in [0.2, 0.25) is 0 Å². The number of ether oxygens (including phenoxy) is 1. The summed E-state index contributed by atoms with van der Waals surface area (Å²) in [4.78, 5) is 0. The van der Waals surface area contributed by atoms with Gasteiger partial charge >= 0.3 is 8.24 Å². The number of fused-ring (bicyclic) bond motifs is 4. The maximum Gasteiger partial charge on any atom is 0.453 e. The molecule has 4 aromatic rings. The van der Waals surface area contributed by atoms with Gasteiger partial charge in [-0.2, -0.15) is 0 Å². The number of aryl methyl sites for hydroxylation is 1. The Kier molecular flexibility index (Phi) is 6.16. The van der Waals surface area contributed by atoms with Gasteiger partial charge in [0, 0.05) is 16.3 Å². The van der Waals surface area contributed by atoms with E-state index in [0.717, 1.165) is 32.9 Å². The van der Waals surface area contributed by atoms with Crippen molar-refractivity contribution in [2.45, 2.75) is 13.3 Å². The molecule has 0 amide bonds. The molecule has 34 heavy (non-hydrogen) atoms. The fourth-order valence-electron chi connectivity index (χ4n) is 3.99. The molecule has 1 heterocycles. The van der Waals surface area contributed by atoms with Crippen LogP contribution in [-0.4, -0.2) is 7.11 Å². The van der Waals surface area contributed by atoms with E-state index in [0.29, 0.717) is 29.3 Å². The summed E-state index contributed by atoms with van der Waals surface area (Å²) in [5, 5.41) is 3.02. The molecule has 1 aromatic heterocycles. The number of rotatable bonds is 3. The third-order valence-electron chi connectivity index (χ3n) is 5.63. The van der Waals surface area contributed by atoms with Crippen molar-refractivity contribution in [2.75, 3.05) is 7.11 Å². The van der Waals surface area contributed by atoms with Gasteiger partial charge in [-0.1, -0.05) is 73.4 Å². The molecule has 0 aliphatic heterocycles. The lowest BCUT2D eigenvalue weighted by Crippen LogP contribution is -1.91. The van der Waals surface area contributed by atoms with E-state index in [1.54, 1.807) is 7.11 Å². The van der Waals surface area contributed by atoms with E-state index in [2.05, 4.69) is 30.9 Å². The summed E-state index contributed by atoms with van der Waals surface area (Å²) in [5.74, 6) is 2.05. The van der Waals surface area contributed by atoms with Gasteiger partial charge in [-0.25, -0.2) is 0 Å². The van der Waals surface area contributed by atoms with Crippen LogP contribution >= 0.6 is 8.24 Å². The normalized spacial score (nSPS) is 16.5. The molecule has 3 aromatic carbocycles. The van der Waals surface area contributed by atoms with Crippen molar-refractivity contribution in [3.8, 4) is 11.5 Å². The van der Waals surface area contributed by atoms with Gasteiger partial charge in [-0.05, 0) is 54.1 Å². The zero-order chi connectivity index (χ0) is 23.5. The molecular formula is C29H25O4P. The average Bonchev–Trinajstić information content (AvgIpc) is 2.99. The van der Waals surface area contributed by atoms with E-state index in [1.165, 1.54) is 0 Å². The third-order valence-corrected chi connectivity index (χ3v) is 6.65. The summed E-state index contributed by atoms with van der Waals surface area (Å²) < 4.78 is 24.9. The van der Waals surface area contributed by atoms with Crippen molar-refractivity contribution in [2.24, 2.45) is 0 Å². The molecule has 1 unspecified atom stereocenters. The molecule has 0 spiro atoms. The van der Waals surface area contributed by atoms with Crippen LogP contribution in [0.2, 0.25) is 0 Å². The predicted molar refractivity (Wildman–Crippen MR) is 140 cm³/mol. The molecule has 1 atom stereocenters. The van der Waals surface area contributed by atoms with Crippen molar-refractivity contribution < 1.29 is 17.7 Å². The SMILES string of the molecule is C=C1/C=C\C=C/Cc2c(op(Oc3cccc4ccccc34)oc3c(OC)cc(C)cc23)/C=C\1. The molecule has 5 rings (SSSR count). The van der Waals surface area contributed by atoms with Gasteiger partial charge in [0.25, 0.3) is 0 Å². The fraction of sp³-hybridized carbons (Fsp3) is 0.103. The summed E-state index contributed by atoms with van der Waals surface area (Å²) >= 11 is 0. The van der Waals surface area contributed by atoms with Gasteiger partial charge < -0.3 is 17.7 Å². The van der Waals surface area contributed by atoms with Gasteiger partial charge in [-0.3, -0.25) is 0 Å². The van der Waals surface area contributed by atoms with Crippen LogP contribution in [0.3, 0.4) is 0 Å². The minimum atomic E-state index is -1.82. The summed E-state index contributed by atoms with van der Waals surface area (Å²) in [6, 6.07) is 18.1. The summed E-state index contributed by atoms with van der Waals surface area (Å²) in [6.45, 7) is 6.14. The standard InChI is InChI=1S/C29H25O4P/c1-20-10-5-4-6-14-24-25-18-21(2)19-28(30-3)29(25)33-34(32-27(24)17-16-20)31-26-15-9-12-22-11-7-8-13-23(22)26/h4-13,15-19H,1,14H2,2-3H3/b6-4-,10-5-,17-16-. The summed E-state index contributed by atoms with van der Waals surface area (Å²) in [6.07, 6.45) is 12.6. The van der Waals surface area contributed by atoms with Crippen molar-refractivity contribution in [1.82, 2.24) is 0 Å². The van der Waals surface area contributed by atoms with Gasteiger partial charge in [0.1, 0.15) is 11.5 Å². The monoisotopic (exact) mass is 468 g/mol. The van der Waals surface area contributed by atoms with Crippen LogP contribution in [0.5, 0.6) is 11.5 Å². The van der Waals surface area contributed by atoms with Crippen molar-refractivity contribution in [1.29, 1.82) is 0 Å². The molecule has 4 nitrogen and oxygen atoms in total.